The van der Waals surface area contributed by atoms with Gasteiger partial charge in [-0.25, -0.2) is 0 Å². The summed E-state index contributed by atoms with van der Waals surface area (Å²) in [6.45, 7) is 6.75. The third kappa shape index (κ3) is 5.61. The van der Waals surface area contributed by atoms with E-state index < -0.39 is 5.60 Å². The van der Waals surface area contributed by atoms with Gasteiger partial charge in [-0.15, -0.1) is 0 Å². The Kier molecular flexibility index (Phi) is 5.42. The molecule has 1 saturated heterocycles. The molecule has 1 N–H and O–H groups in total. The largest absolute Gasteiger partial charge is 0.390 e. The van der Waals surface area contributed by atoms with Crippen LogP contribution in [0.15, 0.2) is 0 Å². The second kappa shape index (κ2) is 6.36. The van der Waals surface area contributed by atoms with Gasteiger partial charge in [0.2, 0.25) is 0 Å². The molecule has 3 nitrogen and oxygen atoms in total. The van der Waals surface area contributed by atoms with E-state index in [-0.39, 0.29) is 0 Å². The first-order chi connectivity index (χ1) is 7.49. The van der Waals surface area contributed by atoms with E-state index in [1.54, 1.807) is 6.92 Å². The second-order valence-corrected chi connectivity index (χ2v) is 5.35. The molecule has 0 aromatic heterocycles. The Balaban J connectivity index is 2.15. The van der Waals surface area contributed by atoms with Crippen molar-refractivity contribution in [1.82, 2.24) is 4.90 Å². The summed E-state index contributed by atoms with van der Waals surface area (Å²) >= 11 is 0. The standard InChI is InChI=1S/C13H25NO2/c1-12(15)6-3-4-9-14-10-5-7-13(2,16)8-11-14/h16H,3-11H2,1-2H3. The van der Waals surface area contributed by atoms with Crippen molar-refractivity contribution in [3.63, 3.8) is 0 Å². The topological polar surface area (TPSA) is 40.5 Å². The zero-order valence-corrected chi connectivity index (χ0v) is 10.7. The Labute approximate surface area is 98.8 Å². The number of nitrogens with zero attached hydrogens (tertiary/aromatic N) is 1. The molecule has 1 fully saturated rings. The van der Waals surface area contributed by atoms with Crippen LogP contribution >= 0.6 is 0 Å². The summed E-state index contributed by atoms with van der Waals surface area (Å²) in [6.07, 6.45) is 5.69. The lowest BCUT2D eigenvalue weighted by Gasteiger charge is -2.22. The van der Waals surface area contributed by atoms with Gasteiger partial charge in [-0.3, -0.25) is 0 Å². The highest BCUT2D eigenvalue weighted by atomic mass is 16.3. The summed E-state index contributed by atoms with van der Waals surface area (Å²) in [5, 5.41) is 9.95. The van der Waals surface area contributed by atoms with Crippen molar-refractivity contribution in [3.05, 3.63) is 0 Å². The Hall–Kier alpha value is -0.410. The van der Waals surface area contributed by atoms with E-state index in [2.05, 4.69) is 4.90 Å². The molecule has 1 aliphatic rings. The van der Waals surface area contributed by atoms with Gasteiger partial charge in [0.05, 0.1) is 5.60 Å². The van der Waals surface area contributed by atoms with Crippen LogP contribution in [-0.2, 0) is 4.79 Å². The van der Waals surface area contributed by atoms with Crippen molar-refractivity contribution < 1.29 is 9.90 Å². The van der Waals surface area contributed by atoms with Crippen LogP contribution < -0.4 is 0 Å². The van der Waals surface area contributed by atoms with E-state index in [1.807, 2.05) is 6.92 Å². The van der Waals surface area contributed by atoms with Gasteiger partial charge in [-0.05, 0) is 59.0 Å². The fraction of sp³-hybridized carbons (Fsp3) is 0.923. The van der Waals surface area contributed by atoms with E-state index in [9.17, 15) is 9.90 Å². The molecule has 1 aliphatic heterocycles. The monoisotopic (exact) mass is 227 g/mol. The number of likely N-dealkylation sites (tertiary alicyclic amines) is 1. The third-order valence-electron chi connectivity index (χ3n) is 3.41. The first-order valence-electron chi connectivity index (χ1n) is 6.44. The highest BCUT2D eigenvalue weighted by molar-refractivity contribution is 5.75. The Bertz CT molecular complexity index is 226. The average Bonchev–Trinajstić information content (AvgIpc) is 2.34. The van der Waals surface area contributed by atoms with Crippen LogP contribution in [0.3, 0.4) is 0 Å². The van der Waals surface area contributed by atoms with Gasteiger partial charge in [0, 0.05) is 13.0 Å². The van der Waals surface area contributed by atoms with Crippen molar-refractivity contribution >= 4 is 5.78 Å². The van der Waals surface area contributed by atoms with Crippen LogP contribution in [0.5, 0.6) is 0 Å². The van der Waals surface area contributed by atoms with Crippen LogP contribution in [0.25, 0.3) is 0 Å². The molecule has 0 aromatic rings. The molecule has 0 aromatic carbocycles. The Morgan fingerprint density at radius 2 is 2.06 bits per heavy atom. The molecular weight excluding hydrogens is 202 g/mol. The van der Waals surface area contributed by atoms with Crippen molar-refractivity contribution in [3.8, 4) is 0 Å². The number of carbonyl (C=O) groups is 1. The number of unbranched alkanes of at least 4 members (excludes halogenated alkanes) is 1. The van der Waals surface area contributed by atoms with Crippen LogP contribution in [0.1, 0.15) is 52.4 Å². The van der Waals surface area contributed by atoms with E-state index >= 15 is 0 Å². The van der Waals surface area contributed by atoms with Crippen LogP contribution in [0.4, 0.5) is 0 Å². The summed E-state index contributed by atoms with van der Waals surface area (Å²) in [5.41, 5.74) is -0.464. The Morgan fingerprint density at radius 1 is 1.31 bits per heavy atom. The molecule has 1 rings (SSSR count). The molecule has 0 bridgehead atoms. The first kappa shape index (κ1) is 13.7. The van der Waals surface area contributed by atoms with E-state index in [0.717, 1.165) is 51.7 Å². The van der Waals surface area contributed by atoms with E-state index in [1.165, 1.54) is 0 Å². The van der Waals surface area contributed by atoms with Gasteiger partial charge in [0.15, 0.2) is 0 Å². The summed E-state index contributed by atoms with van der Waals surface area (Å²) in [5.74, 6) is 0.291. The molecule has 0 saturated carbocycles. The van der Waals surface area contributed by atoms with Gasteiger partial charge in [0.25, 0.3) is 0 Å². The number of rotatable bonds is 5. The zero-order valence-electron chi connectivity index (χ0n) is 10.7. The number of hydrogen-bond donors (Lipinski definition) is 1. The first-order valence-corrected chi connectivity index (χ1v) is 6.44. The molecule has 1 heterocycles. The number of carbonyl (C=O) groups excluding carboxylic acids is 1. The molecule has 1 unspecified atom stereocenters. The summed E-state index contributed by atoms with van der Waals surface area (Å²) in [7, 11) is 0. The predicted octanol–water partition coefficient (Wildman–Crippen LogP) is 1.98. The third-order valence-corrected chi connectivity index (χ3v) is 3.41. The van der Waals surface area contributed by atoms with Crippen molar-refractivity contribution in [2.75, 3.05) is 19.6 Å². The number of aliphatic hydroxyl groups is 1. The van der Waals surface area contributed by atoms with Gasteiger partial charge < -0.3 is 14.8 Å². The van der Waals surface area contributed by atoms with Gasteiger partial charge in [-0.2, -0.15) is 0 Å². The smallest absolute Gasteiger partial charge is 0.129 e. The van der Waals surface area contributed by atoms with Crippen LogP contribution in [0.2, 0.25) is 0 Å². The fourth-order valence-corrected chi connectivity index (χ4v) is 2.25. The van der Waals surface area contributed by atoms with E-state index in [4.69, 9.17) is 0 Å². The lowest BCUT2D eigenvalue weighted by Crippen LogP contribution is -2.29. The lowest BCUT2D eigenvalue weighted by atomic mass is 9.98. The molecule has 1 atom stereocenters. The molecule has 0 aliphatic carbocycles. The highest BCUT2D eigenvalue weighted by Crippen LogP contribution is 2.21. The molecule has 0 radical (unpaired) electrons. The minimum atomic E-state index is -0.464. The Morgan fingerprint density at radius 3 is 2.75 bits per heavy atom. The highest BCUT2D eigenvalue weighted by Gasteiger charge is 2.24. The predicted molar refractivity (Wildman–Crippen MR) is 65.4 cm³/mol. The maximum absolute atomic E-state index is 10.8. The van der Waals surface area contributed by atoms with Crippen LogP contribution in [0, 0.1) is 0 Å². The average molecular weight is 227 g/mol. The van der Waals surface area contributed by atoms with Crippen molar-refractivity contribution in [2.45, 2.75) is 58.0 Å². The quantitative estimate of drug-likeness (QED) is 0.730. The SMILES string of the molecule is CC(=O)CCCCN1CCCC(C)(O)CC1. The number of Topliss-reactive ketones (excluding diaryl/α,β-unsaturated/α-hetero) is 1. The fourth-order valence-electron chi connectivity index (χ4n) is 2.25. The minimum Gasteiger partial charge on any atom is -0.390 e. The summed E-state index contributed by atoms with van der Waals surface area (Å²) in [4.78, 5) is 13.2. The molecule has 16 heavy (non-hydrogen) atoms. The number of ketones is 1. The van der Waals surface area contributed by atoms with Gasteiger partial charge in [0.1, 0.15) is 5.78 Å². The zero-order chi connectivity index (χ0) is 12.0. The van der Waals surface area contributed by atoms with Crippen molar-refractivity contribution in [1.29, 1.82) is 0 Å². The maximum atomic E-state index is 10.8. The summed E-state index contributed by atoms with van der Waals surface area (Å²) < 4.78 is 0. The van der Waals surface area contributed by atoms with Gasteiger partial charge >= 0.3 is 0 Å². The molecule has 0 amide bonds. The summed E-state index contributed by atoms with van der Waals surface area (Å²) in [6, 6.07) is 0. The van der Waals surface area contributed by atoms with Crippen LogP contribution in [-0.4, -0.2) is 41.0 Å². The maximum Gasteiger partial charge on any atom is 0.129 e. The number of hydrogen-bond acceptors (Lipinski definition) is 3. The lowest BCUT2D eigenvalue weighted by molar-refractivity contribution is -0.117. The van der Waals surface area contributed by atoms with Gasteiger partial charge in [-0.1, -0.05) is 0 Å². The molecule has 94 valence electrons. The second-order valence-electron chi connectivity index (χ2n) is 5.35. The molecular formula is C13H25NO2. The molecule has 0 spiro atoms. The minimum absolute atomic E-state index is 0.291. The van der Waals surface area contributed by atoms with E-state index in [0.29, 0.717) is 12.2 Å². The molecule has 3 heteroatoms. The van der Waals surface area contributed by atoms with Crippen molar-refractivity contribution in [2.24, 2.45) is 0 Å². The normalized spacial score (nSPS) is 27.7.